The average Bonchev–Trinajstić information content (AvgIpc) is 3.47. The summed E-state index contributed by atoms with van der Waals surface area (Å²) in [5, 5.41) is 14.2. The molecule has 6 nitrogen and oxygen atoms in total. The van der Waals surface area contributed by atoms with Crippen LogP contribution < -0.4 is 4.74 Å². The molecule has 0 saturated carbocycles. The lowest BCUT2D eigenvalue weighted by Crippen LogP contribution is -2.02. The van der Waals surface area contributed by atoms with Crippen LogP contribution in [0.3, 0.4) is 0 Å². The van der Waals surface area contributed by atoms with Crippen molar-refractivity contribution in [3.8, 4) is 22.8 Å². The Hall–Kier alpha value is -4.46. The monoisotopic (exact) mass is 487 g/mol. The second kappa shape index (κ2) is 9.65. The van der Waals surface area contributed by atoms with E-state index in [-0.39, 0.29) is 17.9 Å². The van der Waals surface area contributed by atoms with Crippen LogP contribution in [-0.2, 0) is 17.8 Å². The molecule has 2 heterocycles. The van der Waals surface area contributed by atoms with Gasteiger partial charge in [0, 0.05) is 40.7 Å². The van der Waals surface area contributed by atoms with Crippen molar-refractivity contribution in [2.24, 2.45) is 0 Å². The van der Waals surface area contributed by atoms with Gasteiger partial charge in [-0.25, -0.2) is 8.78 Å². The summed E-state index contributed by atoms with van der Waals surface area (Å²) in [5.41, 5.74) is 3.78. The second-order valence-corrected chi connectivity index (χ2v) is 8.62. The molecule has 0 spiro atoms. The maximum absolute atomic E-state index is 14.9. The van der Waals surface area contributed by atoms with Crippen LogP contribution in [0.1, 0.15) is 23.1 Å². The third kappa shape index (κ3) is 4.84. The lowest BCUT2D eigenvalue weighted by Gasteiger charge is -2.11. The van der Waals surface area contributed by atoms with Crippen LogP contribution in [0.25, 0.3) is 22.2 Å². The van der Waals surface area contributed by atoms with Crippen molar-refractivity contribution in [3.63, 3.8) is 0 Å². The molecule has 5 rings (SSSR count). The number of halogens is 2. The van der Waals surface area contributed by atoms with Gasteiger partial charge in [0.05, 0.1) is 12.7 Å². The van der Waals surface area contributed by atoms with Crippen LogP contribution in [0.5, 0.6) is 11.5 Å². The molecule has 0 radical (unpaired) electrons. The SMILES string of the molecule is Cc1c(Oc2cccc(-c3nn(Cc4cccc(CCC(=O)O)c4)cc3F)c2)c(F)cc2[nH]ccc12. The van der Waals surface area contributed by atoms with Crippen molar-refractivity contribution in [3.05, 3.63) is 101 Å². The van der Waals surface area contributed by atoms with Gasteiger partial charge in [-0.05, 0) is 42.7 Å². The molecule has 0 aliphatic heterocycles. The zero-order chi connectivity index (χ0) is 25.2. The summed E-state index contributed by atoms with van der Waals surface area (Å²) in [6.07, 6.45) is 3.53. The number of hydrogen-bond acceptors (Lipinski definition) is 3. The van der Waals surface area contributed by atoms with Gasteiger partial charge in [0.1, 0.15) is 11.4 Å². The lowest BCUT2D eigenvalue weighted by molar-refractivity contribution is -0.136. The topological polar surface area (TPSA) is 80.1 Å². The number of carboxylic acid groups (broad SMARTS) is 1. The number of benzene rings is 3. The lowest BCUT2D eigenvalue weighted by atomic mass is 10.1. The number of carboxylic acids is 1. The van der Waals surface area contributed by atoms with Crippen LogP contribution >= 0.6 is 0 Å². The zero-order valence-corrected chi connectivity index (χ0v) is 19.5. The molecular weight excluding hydrogens is 464 g/mol. The molecule has 36 heavy (non-hydrogen) atoms. The highest BCUT2D eigenvalue weighted by Gasteiger charge is 2.16. The van der Waals surface area contributed by atoms with E-state index in [0.29, 0.717) is 35.4 Å². The van der Waals surface area contributed by atoms with Gasteiger partial charge in [-0.2, -0.15) is 5.10 Å². The number of aryl methyl sites for hydroxylation is 2. The quantitative estimate of drug-likeness (QED) is 0.263. The van der Waals surface area contributed by atoms with Crippen LogP contribution in [0.4, 0.5) is 8.78 Å². The Morgan fingerprint density at radius 2 is 1.86 bits per heavy atom. The van der Waals surface area contributed by atoms with Crippen molar-refractivity contribution in [2.75, 3.05) is 0 Å². The fourth-order valence-corrected chi connectivity index (χ4v) is 4.27. The smallest absolute Gasteiger partial charge is 0.303 e. The number of aromatic nitrogens is 3. The molecule has 5 aromatic rings. The van der Waals surface area contributed by atoms with Gasteiger partial charge in [0.2, 0.25) is 0 Å². The number of fused-ring (bicyclic) bond motifs is 1. The summed E-state index contributed by atoms with van der Waals surface area (Å²) in [6.45, 7) is 2.12. The Labute approximate surface area is 205 Å². The number of rotatable bonds is 8. The minimum atomic E-state index is -0.853. The van der Waals surface area contributed by atoms with Crippen molar-refractivity contribution in [1.82, 2.24) is 14.8 Å². The number of aromatic amines is 1. The Morgan fingerprint density at radius 1 is 1.06 bits per heavy atom. The minimum absolute atomic E-state index is 0.0465. The highest BCUT2D eigenvalue weighted by Crippen LogP contribution is 2.35. The van der Waals surface area contributed by atoms with Crippen molar-refractivity contribution < 1.29 is 23.4 Å². The number of nitrogens with zero attached hydrogens (tertiary/aromatic N) is 2. The summed E-state index contributed by atoms with van der Waals surface area (Å²) >= 11 is 0. The van der Waals surface area contributed by atoms with E-state index in [0.717, 1.165) is 16.5 Å². The van der Waals surface area contributed by atoms with Crippen LogP contribution in [0, 0.1) is 18.6 Å². The Morgan fingerprint density at radius 3 is 2.69 bits per heavy atom. The minimum Gasteiger partial charge on any atom is -0.481 e. The Bertz CT molecular complexity index is 1570. The second-order valence-electron chi connectivity index (χ2n) is 8.62. The van der Waals surface area contributed by atoms with Crippen molar-refractivity contribution >= 4 is 16.9 Å². The zero-order valence-electron chi connectivity index (χ0n) is 19.5. The Kier molecular flexibility index (Phi) is 6.25. The van der Waals surface area contributed by atoms with Gasteiger partial charge in [-0.15, -0.1) is 0 Å². The molecular formula is C28H23F2N3O3. The van der Waals surface area contributed by atoms with Crippen molar-refractivity contribution in [2.45, 2.75) is 26.3 Å². The van der Waals surface area contributed by atoms with E-state index in [1.54, 1.807) is 37.4 Å². The number of nitrogens with one attached hydrogen (secondary N) is 1. The molecule has 0 saturated heterocycles. The fourth-order valence-electron chi connectivity index (χ4n) is 4.27. The van der Waals surface area contributed by atoms with E-state index in [4.69, 9.17) is 9.84 Å². The molecule has 8 heteroatoms. The number of aliphatic carboxylic acids is 1. The average molecular weight is 488 g/mol. The molecule has 2 aromatic heterocycles. The van der Waals surface area contributed by atoms with E-state index in [1.165, 1.54) is 16.9 Å². The summed E-state index contributed by atoms with van der Waals surface area (Å²) in [5.74, 6) is -1.36. The Balaban J connectivity index is 1.37. The molecule has 0 unspecified atom stereocenters. The molecule has 182 valence electrons. The molecule has 0 bridgehead atoms. The van der Waals surface area contributed by atoms with Crippen LogP contribution in [-0.4, -0.2) is 25.8 Å². The van der Waals surface area contributed by atoms with Crippen LogP contribution in [0.2, 0.25) is 0 Å². The number of H-pyrrole nitrogens is 1. The van der Waals surface area contributed by atoms with Crippen molar-refractivity contribution in [1.29, 1.82) is 0 Å². The first-order valence-corrected chi connectivity index (χ1v) is 11.4. The van der Waals surface area contributed by atoms with E-state index >= 15 is 0 Å². The van der Waals surface area contributed by atoms with Gasteiger partial charge in [0.15, 0.2) is 17.4 Å². The summed E-state index contributed by atoms with van der Waals surface area (Å²) in [6, 6.07) is 17.5. The summed E-state index contributed by atoms with van der Waals surface area (Å²) in [7, 11) is 0. The summed E-state index contributed by atoms with van der Waals surface area (Å²) in [4.78, 5) is 13.8. The molecule has 2 N–H and O–H groups in total. The highest BCUT2D eigenvalue weighted by molar-refractivity contribution is 5.85. The van der Waals surface area contributed by atoms with Gasteiger partial charge >= 0.3 is 5.97 Å². The number of ether oxygens (including phenoxy) is 1. The summed E-state index contributed by atoms with van der Waals surface area (Å²) < 4.78 is 37.0. The third-order valence-electron chi connectivity index (χ3n) is 6.02. The molecule has 0 fully saturated rings. The van der Waals surface area contributed by atoms with Gasteiger partial charge in [-0.1, -0.05) is 36.4 Å². The maximum Gasteiger partial charge on any atom is 0.303 e. The standard InChI is InChI=1S/C28H23F2N3O3/c1-17-22-10-11-31-25(22)14-23(29)28(17)36-21-7-3-6-20(13-21)27-24(30)16-33(32-27)15-19-5-2-4-18(12-19)8-9-26(34)35/h2-7,10-14,16,31H,8-9,15H2,1H3,(H,34,35). The predicted octanol–water partition coefficient (Wildman–Crippen LogP) is 6.48. The predicted molar refractivity (Wildman–Crippen MR) is 132 cm³/mol. The highest BCUT2D eigenvalue weighted by atomic mass is 19.1. The first kappa shape index (κ1) is 23.3. The molecule has 3 aromatic carbocycles. The van der Waals surface area contributed by atoms with Gasteiger partial charge in [-0.3, -0.25) is 9.48 Å². The maximum atomic E-state index is 14.9. The number of hydrogen-bond donors (Lipinski definition) is 2. The third-order valence-corrected chi connectivity index (χ3v) is 6.02. The van der Waals surface area contributed by atoms with E-state index in [2.05, 4.69) is 10.1 Å². The van der Waals surface area contributed by atoms with Crippen LogP contribution in [0.15, 0.2) is 73.1 Å². The largest absolute Gasteiger partial charge is 0.481 e. The number of carbonyl (C=O) groups is 1. The van der Waals surface area contributed by atoms with E-state index in [1.807, 2.05) is 30.3 Å². The van der Waals surface area contributed by atoms with Gasteiger partial charge in [0.25, 0.3) is 0 Å². The van der Waals surface area contributed by atoms with Gasteiger partial charge < -0.3 is 14.8 Å². The molecule has 0 aliphatic rings. The molecule has 0 amide bonds. The first-order valence-electron chi connectivity index (χ1n) is 11.4. The normalized spacial score (nSPS) is 11.2. The fraction of sp³-hybridized carbons (Fsp3) is 0.143. The molecule has 0 aliphatic carbocycles. The molecule has 0 atom stereocenters. The first-order chi connectivity index (χ1) is 17.4. The van der Waals surface area contributed by atoms with E-state index < -0.39 is 17.6 Å². The van der Waals surface area contributed by atoms with E-state index in [9.17, 15) is 13.6 Å².